The Morgan fingerprint density at radius 2 is 1.04 bits per heavy atom. The Kier molecular flexibility index (Phi) is 6.10. The highest BCUT2D eigenvalue weighted by Gasteiger charge is 2.20. The molecule has 0 N–H and O–H groups in total. The molecule has 0 spiro atoms. The Bertz CT molecular complexity index is 992. The van der Waals surface area contributed by atoms with Crippen molar-refractivity contribution in [1.82, 2.24) is 0 Å². The lowest BCUT2D eigenvalue weighted by molar-refractivity contribution is 0.333. The van der Waals surface area contributed by atoms with Gasteiger partial charge in [-0.1, -0.05) is 46.7 Å². The average molecular weight is 422 g/mol. The van der Waals surface area contributed by atoms with E-state index in [1.807, 2.05) is 0 Å². The third-order valence-electron chi connectivity index (χ3n) is 3.93. The van der Waals surface area contributed by atoms with Crippen LogP contribution < -0.4 is 0 Å². The summed E-state index contributed by atoms with van der Waals surface area (Å²) in [5.41, 5.74) is 0.899. The van der Waals surface area contributed by atoms with Crippen LogP contribution in [0.3, 0.4) is 0 Å². The molecule has 1 aliphatic carbocycles. The van der Waals surface area contributed by atoms with Crippen molar-refractivity contribution in [2.75, 3.05) is 0 Å². The van der Waals surface area contributed by atoms with Gasteiger partial charge in [0.15, 0.2) is 0 Å². The van der Waals surface area contributed by atoms with Gasteiger partial charge in [-0.2, -0.15) is 16.8 Å². The van der Waals surface area contributed by atoms with Crippen LogP contribution >= 0.6 is 0 Å². The maximum atomic E-state index is 12.1. The second kappa shape index (κ2) is 8.53. The van der Waals surface area contributed by atoms with E-state index in [1.54, 1.807) is 36.4 Å². The van der Waals surface area contributed by atoms with Crippen molar-refractivity contribution in [3.63, 3.8) is 0 Å². The first-order valence-corrected chi connectivity index (χ1v) is 11.3. The molecule has 148 valence electrons. The van der Waals surface area contributed by atoms with Crippen LogP contribution in [0.25, 0.3) is 0 Å². The highest BCUT2D eigenvalue weighted by atomic mass is 32.2. The van der Waals surface area contributed by atoms with E-state index in [1.165, 1.54) is 24.3 Å². The summed E-state index contributed by atoms with van der Waals surface area (Å²) < 4.78 is 58.0. The molecule has 1 aliphatic rings. The van der Waals surface area contributed by atoms with E-state index in [9.17, 15) is 16.8 Å². The molecule has 0 heterocycles. The highest BCUT2D eigenvalue weighted by Crippen LogP contribution is 2.18. The van der Waals surface area contributed by atoms with E-state index >= 15 is 0 Å². The molecule has 0 amide bonds. The number of rotatable bonds is 6. The van der Waals surface area contributed by atoms with Crippen molar-refractivity contribution in [3.05, 3.63) is 60.7 Å². The molecule has 10 heteroatoms. The van der Waals surface area contributed by atoms with Crippen molar-refractivity contribution < 1.29 is 25.4 Å². The van der Waals surface area contributed by atoms with Gasteiger partial charge in [-0.15, -0.1) is 0 Å². The minimum atomic E-state index is -4.00. The lowest BCUT2D eigenvalue weighted by Crippen LogP contribution is -2.17. The summed E-state index contributed by atoms with van der Waals surface area (Å²) in [5, 5.41) is 7.45. The fourth-order valence-electron chi connectivity index (χ4n) is 2.53. The second-order valence-electron chi connectivity index (χ2n) is 6.03. The van der Waals surface area contributed by atoms with Gasteiger partial charge in [-0.25, -0.2) is 0 Å². The first kappa shape index (κ1) is 20.0. The third-order valence-corrected chi connectivity index (χ3v) is 6.17. The zero-order chi connectivity index (χ0) is 20.0. The molecule has 0 unspecified atom stereocenters. The summed E-state index contributed by atoms with van der Waals surface area (Å²) in [5.74, 6) is 0. The Hall–Kier alpha value is -2.72. The largest absolute Gasteiger partial charge is 0.358 e. The molecule has 0 bridgehead atoms. The molecule has 0 atom stereocenters. The smallest absolute Gasteiger partial charge is 0.265 e. The molecule has 0 saturated heterocycles. The van der Waals surface area contributed by atoms with Crippen molar-refractivity contribution in [1.29, 1.82) is 0 Å². The Morgan fingerprint density at radius 1 is 0.643 bits per heavy atom. The normalized spacial score (nSPS) is 18.1. The number of oxime groups is 2. The summed E-state index contributed by atoms with van der Waals surface area (Å²) in [4.78, 5) is 0.00248. The van der Waals surface area contributed by atoms with E-state index in [-0.39, 0.29) is 16.2 Å². The maximum absolute atomic E-state index is 12.1. The Balaban J connectivity index is 1.67. The van der Waals surface area contributed by atoms with E-state index < -0.39 is 20.2 Å². The van der Waals surface area contributed by atoms with Crippen LogP contribution in [0.1, 0.15) is 25.7 Å². The van der Waals surface area contributed by atoms with Gasteiger partial charge in [0, 0.05) is 6.42 Å². The topological polar surface area (TPSA) is 111 Å². The molecule has 2 aromatic rings. The Labute approximate surface area is 163 Å². The Morgan fingerprint density at radius 3 is 1.43 bits per heavy atom. The highest BCUT2D eigenvalue weighted by molar-refractivity contribution is 7.87. The molecular formula is C18H18N2O6S2. The summed E-state index contributed by atoms with van der Waals surface area (Å²) in [6, 6.07) is 15.3. The van der Waals surface area contributed by atoms with E-state index in [2.05, 4.69) is 10.3 Å². The lowest BCUT2D eigenvalue weighted by Gasteiger charge is -2.14. The number of benzene rings is 2. The van der Waals surface area contributed by atoms with Crippen molar-refractivity contribution in [2.45, 2.75) is 35.5 Å². The average Bonchev–Trinajstić information content (AvgIpc) is 2.73. The van der Waals surface area contributed by atoms with E-state index in [4.69, 9.17) is 8.57 Å². The fourth-order valence-corrected chi connectivity index (χ4v) is 4.09. The van der Waals surface area contributed by atoms with Gasteiger partial charge in [-0.3, -0.25) is 8.57 Å². The number of nitrogens with zero attached hydrogens (tertiary/aromatic N) is 2. The second-order valence-corrected chi connectivity index (χ2v) is 9.09. The van der Waals surface area contributed by atoms with Gasteiger partial charge in [-0.05, 0) is 43.5 Å². The minimum Gasteiger partial charge on any atom is -0.265 e. The van der Waals surface area contributed by atoms with Gasteiger partial charge in [0.25, 0.3) is 0 Å². The molecule has 28 heavy (non-hydrogen) atoms. The van der Waals surface area contributed by atoms with Gasteiger partial charge >= 0.3 is 20.2 Å². The maximum Gasteiger partial charge on any atom is 0.358 e. The first-order valence-electron chi connectivity index (χ1n) is 8.46. The molecule has 1 saturated carbocycles. The van der Waals surface area contributed by atoms with Crippen LogP contribution in [-0.2, 0) is 28.8 Å². The minimum absolute atomic E-state index is 0.00124. The van der Waals surface area contributed by atoms with E-state index in [0.29, 0.717) is 30.7 Å². The van der Waals surface area contributed by atoms with Crippen molar-refractivity contribution in [3.8, 4) is 0 Å². The molecule has 0 aromatic heterocycles. The lowest BCUT2D eigenvalue weighted by atomic mass is 9.97. The molecule has 8 nitrogen and oxygen atoms in total. The van der Waals surface area contributed by atoms with Crippen LogP contribution in [-0.4, -0.2) is 28.3 Å². The van der Waals surface area contributed by atoms with Crippen molar-refractivity contribution >= 4 is 31.7 Å². The molecule has 0 aliphatic heterocycles. The van der Waals surface area contributed by atoms with E-state index in [0.717, 1.165) is 0 Å². The molecule has 2 aromatic carbocycles. The van der Waals surface area contributed by atoms with Gasteiger partial charge in [0.1, 0.15) is 9.79 Å². The fraction of sp³-hybridized carbons (Fsp3) is 0.222. The monoisotopic (exact) mass is 422 g/mol. The molecule has 1 fully saturated rings. The van der Waals surface area contributed by atoms with Crippen LogP contribution in [0.5, 0.6) is 0 Å². The predicted molar refractivity (Wildman–Crippen MR) is 103 cm³/mol. The summed E-state index contributed by atoms with van der Waals surface area (Å²) >= 11 is 0. The zero-order valence-corrected chi connectivity index (χ0v) is 16.4. The van der Waals surface area contributed by atoms with Crippen LogP contribution in [0.15, 0.2) is 80.8 Å². The molecule has 0 radical (unpaired) electrons. The van der Waals surface area contributed by atoms with Gasteiger partial charge < -0.3 is 0 Å². The number of hydrogen-bond donors (Lipinski definition) is 0. The van der Waals surface area contributed by atoms with Crippen LogP contribution in [0.4, 0.5) is 0 Å². The van der Waals surface area contributed by atoms with Crippen LogP contribution in [0.2, 0.25) is 0 Å². The molecular weight excluding hydrogens is 404 g/mol. The summed E-state index contributed by atoms with van der Waals surface area (Å²) in [6.07, 6.45) is 1.85. The third kappa shape index (κ3) is 5.17. The first-order chi connectivity index (χ1) is 13.4. The van der Waals surface area contributed by atoms with Crippen molar-refractivity contribution in [2.24, 2.45) is 10.3 Å². The van der Waals surface area contributed by atoms with Crippen LogP contribution in [0, 0.1) is 0 Å². The number of hydrogen-bond acceptors (Lipinski definition) is 8. The quantitative estimate of drug-likeness (QED) is 0.662. The summed E-state index contributed by atoms with van der Waals surface area (Å²) in [7, 11) is -8.01. The predicted octanol–water partition coefficient (Wildman–Crippen LogP) is 3.08. The summed E-state index contributed by atoms with van der Waals surface area (Å²) in [6.45, 7) is 0. The zero-order valence-electron chi connectivity index (χ0n) is 14.8. The van der Waals surface area contributed by atoms with Gasteiger partial charge in [0.2, 0.25) is 0 Å². The SMILES string of the molecule is O=S(=O)(ON=C1CCCC(=NOS(=O)(=O)c2ccccc2)C1)c1ccccc1. The molecule has 3 rings (SSSR count). The van der Waals surface area contributed by atoms with Gasteiger partial charge in [0.05, 0.1) is 11.4 Å². The standard InChI is InChI=1S/C18H18N2O6S2/c21-27(22,17-10-3-1-4-11-17)25-19-15-8-7-9-16(14-15)20-26-28(23,24)18-12-5-2-6-13-18/h1-6,10-13H,7-9,14H2.